The Balaban J connectivity index is 0.910. The predicted octanol–water partition coefficient (Wildman–Crippen LogP) is 34.7. The quantitative estimate of drug-likeness (QED) is 0.0700. The van der Waals surface area contributed by atoms with Gasteiger partial charge in [0.15, 0.2) is 0 Å². The van der Waals surface area contributed by atoms with Crippen molar-refractivity contribution in [3.05, 3.63) is 459 Å². The second-order valence-electron chi connectivity index (χ2n) is 41.7. The Morgan fingerprint density at radius 3 is 0.678 bits per heavy atom. The van der Waals surface area contributed by atoms with Crippen LogP contribution in [-0.2, 0) is 5.41 Å². The van der Waals surface area contributed by atoms with Gasteiger partial charge in [0.2, 0.25) is 0 Å². The van der Waals surface area contributed by atoms with Gasteiger partial charge in [0.1, 0.15) is 11.2 Å². The zero-order chi connectivity index (χ0) is 96.4. The van der Waals surface area contributed by atoms with E-state index in [0.29, 0.717) is 0 Å². The monoisotopic (exact) mass is 1910 g/mol. The van der Waals surface area contributed by atoms with Crippen LogP contribution in [0.15, 0.2) is 454 Å². The van der Waals surface area contributed by atoms with Gasteiger partial charge in [-0.2, -0.15) is 36.6 Å². The molecule has 12 heteroatoms. The third-order valence-electron chi connectivity index (χ3n) is 30.2. The van der Waals surface area contributed by atoms with Crippen LogP contribution in [0.2, 0.25) is 65.5 Å². The van der Waals surface area contributed by atoms with Gasteiger partial charge in [0, 0.05) is 33.5 Å². The Morgan fingerprint density at radius 2 is 0.420 bits per heavy atom. The molecule has 0 atom stereocenters. The van der Waals surface area contributed by atoms with Crippen LogP contribution in [0.4, 0.5) is 68.2 Å². The van der Waals surface area contributed by atoms with Crippen molar-refractivity contribution in [1.82, 2.24) is 0 Å². The van der Waals surface area contributed by atoms with Gasteiger partial charge < -0.3 is 18.6 Å². The largest absolute Gasteiger partial charge is 0.0910 e. The minimum atomic E-state index is -2.27. The number of benzene rings is 20. The van der Waals surface area contributed by atoms with E-state index >= 15 is 0 Å². The number of rotatable bonds is 20. The fraction of sp³-hybridized carbons (Fsp3) is 0.0840. The van der Waals surface area contributed by atoms with Crippen LogP contribution in [0.5, 0.6) is 0 Å². The SMILES string of the molecule is C[Si-](C)c1ccc(N(c2cccc(-c3ccccc3)c2)c2cc3c(c4oc5ccccc5c24)-c2c(cc(N(c4ccc([Si-](C)C)cc4)c4cccc(-c5ccccc5)c4)c4c2oc2ccccc24)C32c3cc(N(c4ccc(-c5ccccc5)cc4)c4ccc([SiH-](C)(C)C)cc4)c4c(oc5ccccc54)c3-c3c2cc(N(c2ccc([SiH-](C)(C)C)cc2)c2cccc(-c4ccccc4)c2)c2c3oc3ccccc32)cc1. The Morgan fingerprint density at radius 1 is 0.203 bits per heavy atom. The topological polar surface area (TPSA) is 65.5 Å². The molecule has 0 fully saturated rings. The van der Waals surface area contributed by atoms with Gasteiger partial charge >= 0.3 is 482 Å². The van der Waals surface area contributed by atoms with Crippen molar-refractivity contribution in [2.45, 2.75) is 70.9 Å². The zero-order valence-electron chi connectivity index (χ0n) is 81.6. The van der Waals surface area contributed by atoms with Crippen molar-refractivity contribution < 1.29 is 17.7 Å². The van der Waals surface area contributed by atoms with E-state index in [2.05, 4.69) is 522 Å². The van der Waals surface area contributed by atoms with Gasteiger partial charge in [-0.15, -0.1) is 0 Å². The molecule has 4 heterocycles. The van der Waals surface area contributed by atoms with E-state index in [1.165, 1.54) is 20.7 Å². The summed E-state index contributed by atoms with van der Waals surface area (Å²) in [6.45, 7) is 24.4. The average molecular weight is 1910 g/mol. The fourth-order valence-corrected chi connectivity index (χ4v) is 27.4. The molecule has 143 heavy (non-hydrogen) atoms. The number of hydrogen-bond acceptors (Lipinski definition) is 8. The van der Waals surface area contributed by atoms with Crippen LogP contribution in [0.1, 0.15) is 22.3 Å². The van der Waals surface area contributed by atoms with E-state index in [-0.39, 0.29) is 0 Å². The summed E-state index contributed by atoms with van der Waals surface area (Å²) in [5, 5.41) is 13.1. The van der Waals surface area contributed by atoms with Gasteiger partial charge in [-0.1, -0.05) is 152 Å². The minimum absolute atomic E-state index is 0.718. The molecule has 0 unspecified atom stereocenters. The third kappa shape index (κ3) is 14.2. The standard InChI is InChI=1S/C131H104N4O4Si4/c1-140(2)99-68-60-92(61-69-99)133(96-45-31-42-88(76-96)84-36-17-12-18-37-84)112-80-108-125(128-120(112)104-49-24-28-53-116(104)137-128)126-109(81-113(121-105-50-25-29-54-117(105)138-129(121)126)134(93-62-70-100(71-63-93)141(3)4)97-46-32-43-89(77-97)85-38-19-13-20-39-85)131(108)107-79-111(132(94-64-72-101(73-65-94)142(5,6)7)91-58-56-87(57-59-91)83-34-15-11-16-35-83)119-103-48-23-27-52-115(103)136-127(119)123(107)124-110(131)82-114(122-106-51-26-30-55-118(106)139-130(122)124)135(95-66-74-102(75-67-95)143(8,9)10)98-47-33-44-90(78-98)86-40-21-14-22-41-86/h11-82,142-143H,1-10H3/q-4. The summed E-state index contributed by atoms with van der Waals surface area (Å²) in [4.78, 5) is 10.2. The Labute approximate surface area is 838 Å². The first kappa shape index (κ1) is 87.0. The molecule has 0 radical (unpaired) electrons. The molecule has 20 aromatic carbocycles. The molecule has 8 nitrogen and oxygen atoms in total. The second-order valence-corrected chi connectivity index (χ2v) is 58.6. The maximum absolute atomic E-state index is 8.28. The maximum Gasteiger partial charge on any atom is -0.0407 e. The predicted molar refractivity (Wildman–Crippen MR) is 615 cm³/mol. The molecule has 26 rings (SSSR count). The Kier molecular flexibility index (Phi) is 20.7. The Hall–Kier alpha value is -16.3. The van der Waals surface area contributed by atoms with E-state index < -0.39 is 39.2 Å². The molecule has 0 bridgehead atoms. The summed E-state index contributed by atoms with van der Waals surface area (Å²) in [7, 11) is -6.38. The van der Waals surface area contributed by atoms with Crippen molar-refractivity contribution in [3.63, 3.8) is 0 Å². The smallest absolute Gasteiger partial charge is 0.0407 e. The van der Waals surface area contributed by atoms with Crippen molar-refractivity contribution in [2.24, 2.45) is 0 Å². The van der Waals surface area contributed by atoms with Gasteiger partial charge in [0.25, 0.3) is 0 Å². The molecule has 0 saturated carbocycles. The number of furan rings is 4. The van der Waals surface area contributed by atoms with Crippen LogP contribution in [0.25, 0.3) is 155 Å². The molecule has 692 valence electrons. The first-order valence-electron chi connectivity index (χ1n) is 50.2. The van der Waals surface area contributed by atoms with Crippen LogP contribution < -0.4 is 40.3 Å². The van der Waals surface area contributed by atoms with Gasteiger partial charge in [0.05, 0.1) is 10.8 Å². The molecule has 2 aliphatic carbocycles. The van der Waals surface area contributed by atoms with Crippen molar-refractivity contribution in [3.8, 4) is 66.8 Å². The molecule has 0 N–H and O–H groups in total. The Bertz CT molecular complexity index is 8890. The first-order chi connectivity index (χ1) is 69.8. The third-order valence-corrected chi connectivity index (χ3v) is 37.9. The van der Waals surface area contributed by atoms with E-state index in [0.717, 1.165) is 245 Å². The van der Waals surface area contributed by atoms with Crippen LogP contribution >= 0.6 is 0 Å². The molecule has 1 spiro atoms. The van der Waals surface area contributed by atoms with Crippen molar-refractivity contribution >= 4 is 210 Å². The second kappa shape index (κ2) is 34.0. The summed E-state index contributed by atoms with van der Waals surface area (Å²) in [5.41, 5.74) is 32.4. The van der Waals surface area contributed by atoms with E-state index in [9.17, 15) is 0 Å². The van der Waals surface area contributed by atoms with Gasteiger partial charge in [-0.25, -0.2) is 0 Å². The minimum Gasteiger partial charge on any atom is -0.0910 e. The molecule has 0 amide bonds. The molecule has 24 aromatic rings. The number of nitrogens with zero attached hydrogens (tertiary/aromatic N) is 4. The summed E-state index contributed by atoms with van der Waals surface area (Å²) in [5.74, 6) is 0. The van der Waals surface area contributed by atoms with E-state index in [4.69, 9.17) is 17.7 Å². The van der Waals surface area contributed by atoms with Gasteiger partial charge in [-0.3, -0.25) is 17.6 Å². The normalized spacial score (nSPS) is 12.8. The molecule has 2 aliphatic rings. The van der Waals surface area contributed by atoms with E-state index in [1.807, 2.05) is 0 Å². The number of anilines is 12. The molecule has 0 aliphatic heterocycles. The molecular weight excluding hydrogens is 1810 g/mol. The number of hydrogen-bond donors (Lipinski definition) is 0. The van der Waals surface area contributed by atoms with Crippen molar-refractivity contribution in [1.29, 1.82) is 0 Å². The van der Waals surface area contributed by atoms with Crippen molar-refractivity contribution in [2.75, 3.05) is 19.6 Å². The summed E-state index contributed by atoms with van der Waals surface area (Å²) < 4.78 is 33.1. The molecular formula is C131H104N4O4Si4-4. The maximum atomic E-state index is 8.28. The van der Waals surface area contributed by atoms with Crippen LogP contribution in [0, 0.1) is 0 Å². The first-order valence-corrected chi connectivity index (χ1v) is 63.3. The van der Waals surface area contributed by atoms with Gasteiger partial charge in [-0.05, 0) is 82.9 Å². The summed E-state index contributed by atoms with van der Waals surface area (Å²) >= 11 is 0. The number of fused-ring (bicyclic) bond motifs is 26. The van der Waals surface area contributed by atoms with E-state index in [1.54, 1.807) is 0 Å². The zero-order valence-corrected chi connectivity index (χ0v) is 86.0. The molecule has 4 aromatic heterocycles. The molecule has 0 saturated heterocycles. The average Bonchev–Trinajstić information content (AvgIpc) is 1.47. The fourth-order valence-electron chi connectivity index (χ4n) is 23.1. The summed E-state index contributed by atoms with van der Waals surface area (Å²) in [6.07, 6.45) is 0. The van der Waals surface area contributed by atoms with Crippen LogP contribution in [0.3, 0.4) is 0 Å². The summed E-state index contributed by atoms with van der Waals surface area (Å²) in [6, 6.07) is 164. The number of para-hydroxylation sites is 4. The van der Waals surface area contributed by atoms with Crippen LogP contribution in [-0.4, -0.2) is 33.7 Å².